The van der Waals surface area contributed by atoms with E-state index in [1.165, 1.54) is 69.8 Å². The van der Waals surface area contributed by atoms with Gasteiger partial charge in [0.1, 0.15) is 6.29 Å². The molecule has 1 nitrogen and oxygen atoms in total. The molecule has 1 aromatic rings. The molecule has 0 aliphatic heterocycles. The van der Waals surface area contributed by atoms with Gasteiger partial charge in [0.05, 0.1) is 0 Å². The second-order valence-electron chi connectivity index (χ2n) is 6.67. The predicted octanol–water partition coefficient (Wildman–Crippen LogP) is 6.13. The normalized spacial score (nSPS) is 22.1. The molecule has 0 amide bonds. The van der Waals surface area contributed by atoms with Gasteiger partial charge in [-0.15, -0.1) is 0 Å². The smallest absolute Gasteiger partial charge is 0.150 e. The first-order chi connectivity index (χ1) is 10.3. The lowest BCUT2D eigenvalue weighted by atomic mass is 9.76. The van der Waals surface area contributed by atoms with Gasteiger partial charge in [0, 0.05) is 5.56 Å². The number of rotatable bonds is 8. The van der Waals surface area contributed by atoms with Crippen molar-refractivity contribution < 1.29 is 4.79 Å². The number of carbonyl (C=O) groups excluding carboxylic acids is 1. The summed E-state index contributed by atoms with van der Waals surface area (Å²) in [6.45, 7) is 2.28. The van der Waals surface area contributed by atoms with Crippen molar-refractivity contribution in [1.29, 1.82) is 0 Å². The van der Waals surface area contributed by atoms with Crippen molar-refractivity contribution in [3.05, 3.63) is 35.4 Å². The summed E-state index contributed by atoms with van der Waals surface area (Å²) < 4.78 is 0. The Labute approximate surface area is 130 Å². The summed E-state index contributed by atoms with van der Waals surface area (Å²) in [5, 5.41) is 0. The van der Waals surface area contributed by atoms with Crippen LogP contribution in [0.3, 0.4) is 0 Å². The van der Waals surface area contributed by atoms with E-state index < -0.39 is 0 Å². The molecule has 0 spiro atoms. The molecule has 1 aliphatic carbocycles. The Morgan fingerprint density at radius 3 is 2.43 bits per heavy atom. The average Bonchev–Trinajstić information content (AvgIpc) is 2.55. The van der Waals surface area contributed by atoms with Crippen molar-refractivity contribution in [3.63, 3.8) is 0 Å². The zero-order chi connectivity index (χ0) is 14.9. The highest BCUT2D eigenvalue weighted by Crippen LogP contribution is 2.38. The minimum absolute atomic E-state index is 0.614. The number of carbonyl (C=O) groups is 1. The van der Waals surface area contributed by atoms with Crippen LogP contribution in [0.4, 0.5) is 0 Å². The van der Waals surface area contributed by atoms with Crippen LogP contribution in [0.25, 0.3) is 0 Å². The van der Waals surface area contributed by atoms with E-state index in [2.05, 4.69) is 19.1 Å². The molecule has 2 rings (SSSR count). The first kappa shape index (κ1) is 16.3. The molecule has 1 aromatic carbocycles. The number of hydrogen-bond donors (Lipinski definition) is 0. The molecular formula is C20H30O. The van der Waals surface area contributed by atoms with Gasteiger partial charge in [-0.2, -0.15) is 0 Å². The van der Waals surface area contributed by atoms with Gasteiger partial charge < -0.3 is 0 Å². The van der Waals surface area contributed by atoms with Crippen molar-refractivity contribution >= 4 is 6.29 Å². The fourth-order valence-corrected chi connectivity index (χ4v) is 3.79. The quantitative estimate of drug-likeness (QED) is 0.415. The maximum absolute atomic E-state index is 11.2. The molecule has 1 aliphatic rings. The maximum atomic E-state index is 11.2. The molecule has 0 unspecified atom stereocenters. The second kappa shape index (κ2) is 9.02. The van der Waals surface area contributed by atoms with Crippen molar-refractivity contribution in [2.75, 3.05) is 0 Å². The molecule has 0 radical (unpaired) electrons. The highest BCUT2D eigenvalue weighted by atomic mass is 16.1. The van der Waals surface area contributed by atoms with E-state index >= 15 is 0 Å². The second-order valence-corrected chi connectivity index (χ2v) is 6.67. The zero-order valence-corrected chi connectivity index (χ0v) is 13.5. The fourth-order valence-electron chi connectivity index (χ4n) is 3.79. The molecule has 0 bridgehead atoms. The number of aldehydes is 1. The summed E-state index contributed by atoms with van der Waals surface area (Å²) in [5.74, 6) is 1.55. The van der Waals surface area contributed by atoms with Crippen LogP contribution in [-0.2, 0) is 0 Å². The average molecular weight is 286 g/mol. The molecule has 0 atom stereocenters. The summed E-state index contributed by atoms with van der Waals surface area (Å²) in [4.78, 5) is 11.2. The molecule has 1 fully saturated rings. The summed E-state index contributed by atoms with van der Waals surface area (Å²) in [6.07, 6.45) is 14.7. The van der Waals surface area contributed by atoms with Crippen LogP contribution in [0.2, 0.25) is 0 Å². The summed E-state index contributed by atoms with van der Waals surface area (Å²) in [5.41, 5.74) is 2.19. The summed E-state index contributed by atoms with van der Waals surface area (Å²) >= 11 is 0. The molecule has 21 heavy (non-hydrogen) atoms. The standard InChI is InChI=1S/C20H30O/c1-2-3-4-5-6-9-17-12-14-18(15-13-17)20-11-8-7-10-19(20)16-21/h7-8,10-11,16-18H,2-6,9,12-15H2,1H3. The van der Waals surface area contributed by atoms with Crippen molar-refractivity contribution in [3.8, 4) is 0 Å². The van der Waals surface area contributed by atoms with Gasteiger partial charge in [-0.25, -0.2) is 0 Å². The third kappa shape index (κ3) is 4.98. The SMILES string of the molecule is CCCCCCCC1CCC(c2ccccc2C=O)CC1. The van der Waals surface area contributed by atoms with Crippen LogP contribution in [-0.4, -0.2) is 6.29 Å². The molecule has 1 saturated carbocycles. The first-order valence-corrected chi connectivity index (χ1v) is 8.89. The summed E-state index contributed by atoms with van der Waals surface area (Å²) in [7, 11) is 0. The first-order valence-electron chi connectivity index (χ1n) is 8.89. The Morgan fingerprint density at radius 1 is 1.00 bits per heavy atom. The Bertz CT molecular complexity index is 416. The third-order valence-corrected chi connectivity index (χ3v) is 5.13. The van der Waals surface area contributed by atoms with E-state index in [1.807, 2.05) is 12.1 Å². The highest BCUT2D eigenvalue weighted by Gasteiger charge is 2.23. The topological polar surface area (TPSA) is 17.1 Å². The largest absolute Gasteiger partial charge is 0.298 e. The molecular weight excluding hydrogens is 256 g/mol. The van der Waals surface area contributed by atoms with Crippen LogP contribution >= 0.6 is 0 Å². The molecule has 116 valence electrons. The van der Waals surface area contributed by atoms with Crippen molar-refractivity contribution in [2.45, 2.75) is 77.0 Å². The van der Waals surface area contributed by atoms with Crippen molar-refractivity contribution in [1.82, 2.24) is 0 Å². The Morgan fingerprint density at radius 2 is 1.71 bits per heavy atom. The zero-order valence-electron chi connectivity index (χ0n) is 13.5. The Balaban J connectivity index is 1.74. The van der Waals surface area contributed by atoms with Crippen LogP contribution in [0.15, 0.2) is 24.3 Å². The van der Waals surface area contributed by atoms with Gasteiger partial charge in [-0.1, -0.05) is 69.7 Å². The monoisotopic (exact) mass is 286 g/mol. The molecule has 0 aromatic heterocycles. The van der Waals surface area contributed by atoms with Gasteiger partial charge in [0.25, 0.3) is 0 Å². The molecule has 0 saturated heterocycles. The lowest BCUT2D eigenvalue weighted by Gasteiger charge is -2.29. The number of benzene rings is 1. The van der Waals surface area contributed by atoms with E-state index in [-0.39, 0.29) is 0 Å². The minimum atomic E-state index is 0.614. The third-order valence-electron chi connectivity index (χ3n) is 5.13. The van der Waals surface area contributed by atoms with Crippen LogP contribution in [0.1, 0.15) is 93.0 Å². The van der Waals surface area contributed by atoms with Gasteiger partial charge >= 0.3 is 0 Å². The lowest BCUT2D eigenvalue weighted by Crippen LogP contribution is -2.14. The van der Waals surface area contributed by atoms with Gasteiger partial charge in [-0.05, 0) is 43.1 Å². The van der Waals surface area contributed by atoms with E-state index in [0.29, 0.717) is 5.92 Å². The van der Waals surface area contributed by atoms with Crippen molar-refractivity contribution in [2.24, 2.45) is 5.92 Å². The van der Waals surface area contributed by atoms with E-state index in [9.17, 15) is 4.79 Å². The minimum Gasteiger partial charge on any atom is -0.298 e. The highest BCUT2D eigenvalue weighted by molar-refractivity contribution is 5.77. The molecule has 0 N–H and O–H groups in total. The Kier molecular flexibility index (Phi) is 6.99. The van der Waals surface area contributed by atoms with Crippen LogP contribution in [0, 0.1) is 5.92 Å². The summed E-state index contributed by atoms with van der Waals surface area (Å²) in [6, 6.07) is 8.15. The van der Waals surface area contributed by atoms with Crippen LogP contribution < -0.4 is 0 Å². The number of hydrogen-bond acceptors (Lipinski definition) is 1. The van der Waals surface area contributed by atoms with Gasteiger partial charge in [0.15, 0.2) is 0 Å². The van der Waals surface area contributed by atoms with Crippen LogP contribution in [0.5, 0.6) is 0 Å². The molecule has 1 heteroatoms. The van der Waals surface area contributed by atoms with E-state index in [4.69, 9.17) is 0 Å². The fraction of sp³-hybridized carbons (Fsp3) is 0.650. The predicted molar refractivity (Wildman–Crippen MR) is 89.9 cm³/mol. The maximum Gasteiger partial charge on any atom is 0.150 e. The van der Waals surface area contributed by atoms with Gasteiger partial charge in [-0.3, -0.25) is 4.79 Å². The van der Waals surface area contributed by atoms with E-state index in [1.54, 1.807) is 0 Å². The van der Waals surface area contributed by atoms with E-state index in [0.717, 1.165) is 17.8 Å². The number of unbranched alkanes of at least 4 members (excludes halogenated alkanes) is 4. The molecule has 0 heterocycles. The van der Waals surface area contributed by atoms with Gasteiger partial charge in [0.2, 0.25) is 0 Å². The Hall–Kier alpha value is -1.11. The lowest BCUT2D eigenvalue weighted by molar-refractivity contribution is 0.112.